The van der Waals surface area contributed by atoms with E-state index >= 15 is 0 Å². The van der Waals surface area contributed by atoms with E-state index in [1.807, 2.05) is 11.8 Å². The van der Waals surface area contributed by atoms with E-state index in [-0.39, 0.29) is 0 Å². The normalized spacial score (nSPS) is 23.8. The molecule has 17 heavy (non-hydrogen) atoms. The molecule has 0 heterocycles. The lowest BCUT2D eigenvalue weighted by molar-refractivity contribution is 0.572. The van der Waals surface area contributed by atoms with Gasteiger partial charge in [-0.15, -0.1) is 0 Å². The molecule has 0 radical (unpaired) electrons. The van der Waals surface area contributed by atoms with Crippen LogP contribution in [0, 0.1) is 0 Å². The Balaban J connectivity index is 1.71. The van der Waals surface area contributed by atoms with Crippen LogP contribution in [0.15, 0.2) is 0 Å². The smallest absolute Gasteiger partial charge is 0.166 e. The van der Waals surface area contributed by atoms with E-state index in [0.717, 1.165) is 11.7 Å². The lowest BCUT2D eigenvalue weighted by atomic mass is 10.1. The van der Waals surface area contributed by atoms with Crippen LogP contribution in [0.2, 0.25) is 0 Å². The minimum absolute atomic E-state index is 0.446. The zero-order valence-electron chi connectivity index (χ0n) is 10.8. The minimum atomic E-state index is 0.446. The van der Waals surface area contributed by atoms with Gasteiger partial charge in [0.15, 0.2) is 5.11 Å². The summed E-state index contributed by atoms with van der Waals surface area (Å²) in [5, 5.41) is 7.77. The number of thiocarbonyl (C=S) groups is 1. The Morgan fingerprint density at radius 1 is 1.24 bits per heavy atom. The van der Waals surface area contributed by atoms with Crippen molar-refractivity contribution in [3.05, 3.63) is 0 Å². The second-order valence-electron chi connectivity index (χ2n) is 5.40. The van der Waals surface area contributed by atoms with Crippen LogP contribution in [0.1, 0.15) is 51.4 Å². The number of thioether (sulfide) groups is 1. The van der Waals surface area contributed by atoms with Crippen LogP contribution in [0.3, 0.4) is 0 Å². The Kier molecular flexibility index (Phi) is 4.97. The van der Waals surface area contributed by atoms with E-state index in [9.17, 15) is 0 Å². The Morgan fingerprint density at radius 3 is 2.47 bits per heavy atom. The summed E-state index contributed by atoms with van der Waals surface area (Å²) in [4.78, 5) is 0. The molecule has 2 saturated carbocycles. The molecular formula is C13H24N2S2. The molecule has 2 aliphatic carbocycles. The summed E-state index contributed by atoms with van der Waals surface area (Å²) in [7, 11) is 0. The van der Waals surface area contributed by atoms with E-state index in [1.165, 1.54) is 51.4 Å². The van der Waals surface area contributed by atoms with Gasteiger partial charge in [-0.3, -0.25) is 0 Å². The third-order valence-corrected chi connectivity index (χ3v) is 5.89. The molecule has 2 fully saturated rings. The first-order chi connectivity index (χ1) is 8.24. The van der Waals surface area contributed by atoms with Crippen molar-refractivity contribution in [3.63, 3.8) is 0 Å². The monoisotopic (exact) mass is 272 g/mol. The highest BCUT2D eigenvalue weighted by Gasteiger charge is 2.32. The Hall–Kier alpha value is 0.0400. The van der Waals surface area contributed by atoms with Crippen molar-refractivity contribution >= 4 is 29.1 Å². The average Bonchev–Trinajstić information content (AvgIpc) is 2.98. The standard InChI is InChI=1S/C13H24N2S2/c1-17-13(8-4-5-9-13)10-14-12(16)15-11-6-2-3-7-11/h11H,2-10H2,1H3,(H2,14,15,16). The van der Waals surface area contributed by atoms with Crippen molar-refractivity contribution in [2.75, 3.05) is 12.8 Å². The minimum Gasteiger partial charge on any atom is -0.361 e. The highest BCUT2D eigenvalue weighted by atomic mass is 32.2. The molecule has 0 spiro atoms. The molecule has 0 atom stereocenters. The zero-order chi connectivity index (χ0) is 12.1. The second kappa shape index (κ2) is 6.28. The Morgan fingerprint density at radius 2 is 1.88 bits per heavy atom. The molecule has 0 aliphatic heterocycles. The molecule has 2 aliphatic rings. The van der Waals surface area contributed by atoms with Crippen LogP contribution in [0.5, 0.6) is 0 Å². The molecule has 2 nitrogen and oxygen atoms in total. The highest BCUT2D eigenvalue weighted by molar-refractivity contribution is 8.00. The van der Waals surface area contributed by atoms with Crippen molar-refractivity contribution < 1.29 is 0 Å². The van der Waals surface area contributed by atoms with E-state index in [1.54, 1.807) is 0 Å². The first kappa shape index (κ1) is 13.5. The lowest BCUT2D eigenvalue weighted by Gasteiger charge is -2.28. The molecule has 0 bridgehead atoms. The predicted molar refractivity (Wildman–Crippen MR) is 80.7 cm³/mol. The maximum absolute atomic E-state index is 5.39. The lowest BCUT2D eigenvalue weighted by Crippen LogP contribution is -2.46. The SMILES string of the molecule is CSC1(CNC(=S)NC2CCCC2)CCCC1. The second-order valence-corrected chi connectivity index (χ2v) is 7.09. The van der Waals surface area contributed by atoms with Crippen LogP contribution in [0.4, 0.5) is 0 Å². The number of hydrogen-bond acceptors (Lipinski definition) is 2. The van der Waals surface area contributed by atoms with Gasteiger partial charge in [-0.1, -0.05) is 25.7 Å². The number of hydrogen-bond donors (Lipinski definition) is 2. The molecule has 0 aromatic heterocycles. The van der Waals surface area contributed by atoms with Gasteiger partial charge >= 0.3 is 0 Å². The molecule has 98 valence electrons. The van der Waals surface area contributed by atoms with Gasteiger partial charge in [-0.25, -0.2) is 0 Å². The topological polar surface area (TPSA) is 24.1 Å². The first-order valence-corrected chi connectivity index (χ1v) is 8.47. The van der Waals surface area contributed by atoms with Crippen LogP contribution in [-0.2, 0) is 0 Å². The fraction of sp³-hybridized carbons (Fsp3) is 0.923. The Bertz CT molecular complexity index is 256. The zero-order valence-corrected chi connectivity index (χ0v) is 12.4. The van der Waals surface area contributed by atoms with E-state index in [0.29, 0.717) is 10.8 Å². The first-order valence-electron chi connectivity index (χ1n) is 6.84. The van der Waals surface area contributed by atoms with Crippen molar-refractivity contribution in [2.24, 2.45) is 0 Å². The van der Waals surface area contributed by atoms with Crippen LogP contribution in [-0.4, -0.2) is 28.7 Å². The van der Waals surface area contributed by atoms with E-state index < -0.39 is 0 Å². The van der Waals surface area contributed by atoms with Gasteiger partial charge in [0, 0.05) is 17.3 Å². The maximum Gasteiger partial charge on any atom is 0.166 e. The Labute approximate surface area is 115 Å². The van der Waals surface area contributed by atoms with Crippen LogP contribution >= 0.6 is 24.0 Å². The van der Waals surface area contributed by atoms with Crippen molar-refractivity contribution in [2.45, 2.75) is 62.2 Å². The molecule has 2 rings (SSSR count). The third kappa shape index (κ3) is 3.75. The molecule has 0 aromatic rings. The fourth-order valence-corrected chi connectivity index (χ4v) is 4.17. The molecule has 0 saturated heterocycles. The molecule has 2 N–H and O–H groups in total. The van der Waals surface area contributed by atoms with E-state index in [4.69, 9.17) is 12.2 Å². The fourth-order valence-electron chi connectivity index (χ4n) is 3.02. The summed E-state index contributed by atoms with van der Waals surface area (Å²) in [5.41, 5.74) is 0. The summed E-state index contributed by atoms with van der Waals surface area (Å²) in [6.45, 7) is 1.03. The summed E-state index contributed by atoms with van der Waals surface area (Å²) in [5.74, 6) is 0. The summed E-state index contributed by atoms with van der Waals surface area (Å²) in [6.07, 6.45) is 13.0. The van der Waals surface area contributed by atoms with Gasteiger partial charge in [0.25, 0.3) is 0 Å². The van der Waals surface area contributed by atoms with Crippen molar-refractivity contribution in [3.8, 4) is 0 Å². The largest absolute Gasteiger partial charge is 0.361 e. The van der Waals surface area contributed by atoms with Crippen molar-refractivity contribution in [1.29, 1.82) is 0 Å². The van der Waals surface area contributed by atoms with Crippen LogP contribution < -0.4 is 10.6 Å². The maximum atomic E-state index is 5.39. The molecule has 4 heteroatoms. The van der Waals surface area contributed by atoms with Crippen molar-refractivity contribution in [1.82, 2.24) is 10.6 Å². The van der Waals surface area contributed by atoms with E-state index in [2.05, 4.69) is 16.9 Å². The third-order valence-electron chi connectivity index (χ3n) is 4.21. The average molecular weight is 272 g/mol. The van der Waals surface area contributed by atoms with Gasteiger partial charge in [-0.2, -0.15) is 11.8 Å². The van der Waals surface area contributed by atoms with Gasteiger partial charge in [0.2, 0.25) is 0 Å². The predicted octanol–water partition coefficient (Wildman–Crippen LogP) is 3.07. The van der Waals surface area contributed by atoms with Gasteiger partial charge in [0.05, 0.1) is 0 Å². The molecular weight excluding hydrogens is 248 g/mol. The quantitative estimate of drug-likeness (QED) is 0.768. The highest BCUT2D eigenvalue weighted by Crippen LogP contribution is 2.39. The van der Waals surface area contributed by atoms with Gasteiger partial charge in [-0.05, 0) is 44.2 Å². The number of rotatable bonds is 4. The molecule has 0 aromatic carbocycles. The van der Waals surface area contributed by atoms with Gasteiger partial charge in [0.1, 0.15) is 0 Å². The van der Waals surface area contributed by atoms with Crippen LogP contribution in [0.25, 0.3) is 0 Å². The molecule has 0 amide bonds. The summed E-state index contributed by atoms with van der Waals surface area (Å²) in [6, 6.07) is 0.629. The summed E-state index contributed by atoms with van der Waals surface area (Å²) < 4.78 is 0.446. The number of nitrogens with one attached hydrogen (secondary N) is 2. The molecule has 0 unspecified atom stereocenters. The summed E-state index contributed by atoms with van der Waals surface area (Å²) >= 11 is 7.41. The van der Waals surface area contributed by atoms with Gasteiger partial charge < -0.3 is 10.6 Å².